The summed E-state index contributed by atoms with van der Waals surface area (Å²) in [6, 6.07) is 1.52. The third-order valence-corrected chi connectivity index (χ3v) is 7.29. The van der Waals surface area contributed by atoms with Crippen molar-refractivity contribution in [3.8, 4) is 0 Å². The standard InChI is InChI=1S/C19H18Cl2N4O2S2/c1-2-6-25-18(27)15-11-4-3-5-13(11)29-17(15)24-19(25)28-9-14(26)23-16-12(21)7-10(20)8-22-16/h7-8H,2-6,9H2,1H3,(H,22,23,26). The summed E-state index contributed by atoms with van der Waals surface area (Å²) in [7, 11) is 0. The Bertz CT molecular complexity index is 1160. The van der Waals surface area contributed by atoms with E-state index in [9.17, 15) is 9.59 Å². The lowest BCUT2D eigenvalue weighted by Crippen LogP contribution is -2.24. The lowest BCUT2D eigenvalue weighted by Gasteiger charge is -2.11. The SMILES string of the molecule is CCCn1c(SCC(=O)Nc2ncc(Cl)cc2Cl)nc2sc3c(c2c1=O)CCC3. The normalized spacial score (nSPS) is 13.1. The average Bonchev–Trinajstić information content (AvgIpc) is 3.25. The minimum Gasteiger partial charge on any atom is -0.309 e. The van der Waals surface area contributed by atoms with Gasteiger partial charge in [0.05, 0.1) is 21.2 Å². The second-order valence-electron chi connectivity index (χ2n) is 6.71. The van der Waals surface area contributed by atoms with Crippen LogP contribution in [0.2, 0.25) is 10.0 Å². The first-order valence-corrected chi connectivity index (χ1v) is 11.8. The van der Waals surface area contributed by atoms with Gasteiger partial charge in [-0.05, 0) is 37.3 Å². The molecule has 4 rings (SSSR count). The molecule has 0 atom stereocenters. The Balaban J connectivity index is 1.57. The summed E-state index contributed by atoms with van der Waals surface area (Å²) in [4.78, 5) is 36.3. The fourth-order valence-corrected chi connectivity index (χ4v) is 5.95. The highest BCUT2D eigenvalue weighted by molar-refractivity contribution is 7.99. The van der Waals surface area contributed by atoms with Crippen LogP contribution >= 0.6 is 46.3 Å². The van der Waals surface area contributed by atoms with Crippen LogP contribution in [0.15, 0.2) is 22.2 Å². The number of aryl methyl sites for hydroxylation is 2. The average molecular weight is 469 g/mol. The Labute approximate surface area is 185 Å². The highest BCUT2D eigenvalue weighted by Crippen LogP contribution is 2.35. The molecule has 0 unspecified atom stereocenters. The van der Waals surface area contributed by atoms with Crippen molar-refractivity contribution < 1.29 is 4.79 Å². The van der Waals surface area contributed by atoms with Crippen LogP contribution in [0.3, 0.4) is 0 Å². The number of amides is 1. The van der Waals surface area contributed by atoms with Gasteiger partial charge in [0, 0.05) is 17.6 Å². The van der Waals surface area contributed by atoms with Crippen LogP contribution in [0.5, 0.6) is 0 Å². The molecule has 0 aromatic carbocycles. The molecule has 1 amide bonds. The molecule has 1 N–H and O–H groups in total. The Morgan fingerprint density at radius 1 is 1.38 bits per heavy atom. The van der Waals surface area contributed by atoms with Gasteiger partial charge in [0.15, 0.2) is 11.0 Å². The van der Waals surface area contributed by atoms with Gasteiger partial charge in [-0.25, -0.2) is 9.97 Å². The van der Waals surface area contributed by atoms with E-state index in [1.807, 2.05) is 6.92 Å². The molecule has 0 saturated carbocycles. The Morgan fingerprint density at radius 2 is 2.21 bits per heavy atom. The number of rotatable bonds is 6. The number of carbonyl (C=O) groups excluding carboxylic acids is 1. The van der Waals surface area contributed by atoms with E-state index >= 15 is 0 Å². The minimum absolute atomic E-state index is 0.00145. The summed E-state index contributed by atoms with van der Waals surface area (Å²) in [5, 5.41) is 4.66. The summed E-state index contributed by atoms with van der Waals surface area (Å²) in [6.45, 7) is 2.59. The molecule has 3 aromatic rings. The van der Waals surface area contributed by atoms with Crippen LogP contribution in [-0.4, -0.2) is 26.2 Å². The van der Waals surface area contributed by atoms with Gasteiger partial charge in [-0.3, -0.25) is 14.2 Å². The van der Waals surface area contributed by atoms with E-state index in [0.717, 1.165) is 35.9 Å². The molecule has 0 radical (unpaired) electrons. The molecular weight excluding hydrogens is 451 g/mol. The maximum atomic E-state index is 13.1. The van der Waals surface area contributed by atoms with Crippen LogP contribution in [0.4, 0.5) is 5.82 Å². The zero-order chi connectivity index (χ0) is 20.5. The van der Waals surface area contributed by atoms with E-state index in [0.29, 0.717) is 16.7 Å². The van der Waals surface area contributed by atoms with E-state index < -0.39 is 0 Å². The molecule has 10 heteroatoms. The molecule has 3 aromatic heterocycles. The van der Waals surface area contributed by atoms with Crippen LogP contribution in [0.25, 0.3) is 10.2 Å². The van der Waals surface area contributed by atoms with Gasteiger partial charge in [-0.15, -0.1) is 11.3 Å². The summed E-state index contributed by atoms with van der Waals surface area (Å²) in [6.07, 6.45) is 5.29. The van der Waals surface area contributed by atoms with Crippen molar-refractivity contribution in [2.45, 2.75) is 44.3 Å². The highest BCUT2D eigenvalue weighted by Gasteiger charge is 2.23. The molecule has 3 heterocycles. The maximum absolute atomic E-state index is 13.1. The van der Waals surface area contributed by atoms with Crippen LogP contribution in [0, 0.1) is 0 Å². The van der Waals surface area contributed by atoms with E-state index in [1.54, 1.807) is 15.9 Å². The maximum Gasteiger partial charge on any atom is 0.263 e. The third-order valence-electron chi connectivity index (χ3n) is 4.64. The van der Waals surface area contributed by atoms with Crippen molar-refractivity contribution in [2.24, 2.45) is 0 Å². The van der Waals surface area contributed by atoms with Gasteiger partial charge in [-0.2, -0.15) is 0 Å². The number of anilines is 1. The number of fused-ring (bicyclic) bond motifs is 3. The summed E-state index contributed by atoms with van der Waals surface area (Å²) in [5.74, 6) is 0.0661. The Morgan fingerprint density at radius 3 is 2.97 bits per heavy atom. The first kappa shape index (κ1) is 20.7. The van der Waals surface area contributed by atoms with Gasteiger partial charge < -0.3 is 5.32 Å². The molecule has 0 bridgehead atoms. The van der Waals surface area contributed by atoms with Crippen LogP contribution in [0.1, 0.15) is 30.2 Å². The molecule has 0 saturated heterocycles. The van der Waals surface area contributed by atoms with Gasteiger partial charge in [-0.1, -0.05) is 41.9 Å². The fraction of sp³-hybridized carbons (Fsp3) is 0.368. The molecular formula is C19H18Cl2N4O2S2. The van der Waals surface area contributed by atoms with Crippen molar-refractivity contribution in [1.82, 2.24) is 14.5 Å². The number of nitrogens with zero attached hydrogens (tertiary/aromatic N) is 3. The second-order valence-corrected chi connectivity index (χ2v) is 9.58. The number of hydrogen-bond acceptors (Lipinski definition) is 6. The van der Waals surface area contributed by atoms with Crippen molar-refractivity contribution in [2.75, 3.05) is 11.1 Å². The monoisotopic (exact) mass is 468 g/mol. The zero-order valence-electron chi connectivity index (χ0n) is 15.6. The highest BCUT2D eigenvalue weighted by atomic mass is 35.5. The number of aromatic nitrogens is 3. The van der Waals surface area contributed by atoms with Gasteiger partial charge >= 0.3 is 0 Å². The van der Waals surface area contributed by atoms with E-state index in [-0.39, 0.29) is 28.1 Å². The predicted octanol–water partition coefficient (Wildman–Crippen LogP) is 4.79. The van der Waals surface area contributed by atoms with Crippen molar-refractivity contribution >= 4 is 68.2 Å². The van der Waals surface area contributed by atoms with Crippen molar-refractivity contribution in [3.63, 3.8) is 0 Å². The van der Waals surface area contributed by atoms with Gasteiger partial charge in [0.25, 0.3) is 5.56 Å². The largest absolute Gasteiger partial charge is 0.309 e. The molecule has 0 fully saturated rings. The second kappa shape index (κ2) is 8.63. The number of thioether (sulfide) groups is 1. The number of halogens is 2. The molecule has 0 aliphatic heterocycles. The lowest BCUT2D eigenvalue weighted by atomic mass is 10.2. The lowest BCUT2D eigenvalue weighted by molar-refractivity contribution is -0.113. The zero-order valence-corrected chi connectivity index (χ0v) is 18.8. The number of carbonyl (C=O) groups is 1. The molecule has 0 spiro atoms. The summed E-state index contributed by atoms with van der Waals surface area (Å²) >= 11 is 14.7. The number of nitrogens with one attached hydrogen (secondary N) is 1. The molecule has 6 nitrogen and oxygen atoms in total. The predicted molar refractivity (Wildman–Crippen MR) is 120 cm³/mol. The fourth-order valence-electron chi connectivity index (χ4n) is 3.39. The summed E-state index contributed by atoms with van der Waals surface area (Å²) in [5.41, 5.74) is 1.17. The number of hydrogen-bond donors (Lipinski definition) is 1. The molecule has 29 heavy (non-hydrogen) atoms. The first-order valence-electron chi connectivity index (χ1n) is 9.26. The van der Waals surface area contributed by atoms with Crippen molar-refractivity contribution in [3.05, 3.63) is 43.1 Å². The van der Waals surface area contributed by atoms with Crippen LogP contribution in [-0.2, 0) is 24.2 Å². The van der Waals surface area contributed by atoms with Crippen LogP contribution < -0.4 is 10.9 Å². The number of thiophene rings is 1. The first-order chi connectivity index (χ1) is 14.0. The number of pyridine rings is 1. The van der Waals surface area contributed by atoms with Crippen molar-refractivity contribution in [1.29, 1.82) is 0 Å². The molecule has 1 aliphatic carbocycles. The topological polar surface area (TPSA) is 76.9 Å². The third kappa shape index (κ3) is 4.17. The molecule has 152 valence electrons. The summed E-state index contributed by atoms with van der Waals surface area (Å²) < 4.78 is 1.69. The quantitative estimate of drug-likeness (QED) is 0.415. The van der Waals surface area contributed by atoms with E-state index in [4.69, 9.17) is 28.2 Å². The Kier molecular flexibility index (Phi) is 6.15. The smallest absolute Gasteiger partial charge is 0.263 e. The van der Waals surface area contributed by atoms with Gasteiger partial charge in [0.2, 0.25) is 5.91 Å². The van der Waals surface area contributed by atoms with E-state index in [1.165, 1.54) is 34.5 Å². The van der Waals surface area contributed by atoms with Gasteiger partial charge in [0.1, 0.15) is 4.83 Å². The minimum atomic E-state index is -0.280. The Hall–Kier alpha value is -1.61. The molecule has 1 aliphatic rings. The van der Waals surface area contributed by atoms with E-state index in [2.05, 4.69) is 10.3 Å².